The Labute approximate surface area is 216 Å². The van der Waals surface area contributed by atoms with Crippen molar-refractivity contribution >= 4 is 34.6 Å². The molecule has 0 bridgehead atoms. The molecule has 2 rings (SSSR count). The van der Waals surface area contributed by atoms with Crippen LogP contribution in [0.3, 0.4) is 0 Å². The maximum atomic E-state index is 13.2. The summed E-state index contributed by atoms with van der Waals surface area (Å²) in [7, 11) is 0. The van der Waals surface area contributed by atoms with Gasteiger partial charge in [-0.15, -0.1) is 0 Å². The van der Waals surface area contributed by atoms with E-state index in [2.05, 4.69) is 20.9 Å². The maximum Gasteiger partial charge on any atom is 0.326 e. The molecule has 3 amide bonds. The lowest BCUT2D eigenvalue weighted by Crippen LogP contribution is -2.60. The number of H-pyrrole nitrogens is 1. The molecule has 11 nitrogen and oxygen atoms in total. The number of rotatable bonds is 14. The zero-order chi connectivity index (χ0) is 27.7. The molecular formula is C26H39N5O6. The normalized spacial score (nSPS) is 16.2. The molecule has 8 N–H and O–H groups in total. The first-order chi connectivity index (χ1) is 17.5. The first-order valence-corrected chi connectivity index (χ1v) is 12.6. The molecule has 6 atom stereocenters. The van der Waals surface area contributed by atoms with Gasteiger partial charge in [0.1, 0.15) is 18.1 Å². The number of aliphatic hydroxyl groups excluding tert-OH is 1. The molecule has 204 valence electrons. The van der Waals surface area contributed by atoms with Gasteiger partial charge in [0.25, 0.3) is 0 Å². The van der Waals surface area contributed by atoms with Gasteiger partial charge in [-0.3, -0.25) is 14.4 Å². The molecule has 0 fully saturated rings. The van der Waals surface area contributed by atoms with E-state index in [9.17, 15) is 29.4 Å². The molecule has 0 radical (unpaired) electrons. The fraction of sp³-hybridized carbons (Fsp3) is 0.538. The summed E-state index contributed by atoms with van der Waals surface area (Å²) in [5, 5.41) is 27.9. The van der Waals surface area contributed by atoms with Gasteiger partial charge in [-0.2, -0.15) is 0 Å². The van der Waals surface area contributed by atoms with Crippen LogP contribution in [0.25, 0.3) is 10.9 Å². The lowest BCUT2D eigenvalue weighted by molar-refractivity contribution is -0.142. The highest BCUT2D eigenvalue weighted by atomic mass is 16.4. The summed E-state index contributed by atoms with van der Waals surface area (Å²) >= 11 is 0. The SMILES string of the molecule is CCC(C)C(N)C(=O)NC(CO)C(=O)NC(C(=O)NC(Cc1c[nH]c2ccccc12)C(=O)O)C(C)CC. The summed E-state index contributed by atoms with van der Waals surface area (Å²) in [6.07, 6.45) is 2.91. The number of carboxylic acid groups (broad SMARTS) is 1. The molecule has 0 aliphatic carbocycles. The number of aliphatic carboxylic acids is 1. The minimum absolute atomic E-state index is 0.0368. The molecule has 1 heterocycles. The van der Waals surface area contributed by atoms with Crippen molar-refractivity contribution in [1.82, 2.24) is 20.9 Å². The molecule has 0 saturated carbocycles. The average Bonchev–Trinajstić information content (AvgIpc) is 3.30. The van der Waals surface area contributed by atoms with Crippen LogP contribution in [0.15, 0.2) is 30.5 Å². The predicted octanol–water partition coefficient (Wildman–Crippen LogP) is 0.661. The number of nitrogens with two attached hydrogens (primary N) is 1. The molecule has 1 aromatic heterocycles. The van der Waals surface area contributed by atoms with E-state index >= 15 is 0 Å². The molecular weight excluding hydrogens is 478 g/mol. The molecule has 1 aromatic carbocycles. The number of benzene rings is 1. The number of aliphatic hydroxyl groups is 1. The molecule has 0 aliphatic rings. The van der Waals surface area contributed by atoms with E-state index in [-0.39, 0.29) is 18.3 Å². The average molecular weight is 518 g/mol. The van der Waals surface area contributed by atoms with Gasteiger partial charge in [0.15, 0.2) is 0 Å². The Morgan fingerprint density at radius 3 is 2.14 bits per heavy atom. The number of amides is 3. The third kappa shape index (κ3) is 7.77. The summed E-state index contributed by atoms with van der Waals surface area (Å²) in [5.74, 6) is -3.73. The van der Waals surface area contributed by atoms with E-state index in [4.69, 9.17) is 5.73 Å². The highest BCUT2D eigenvalue weighted by Crippen LogP contribution is 2.19. The molecule has 0 aliphatic heterocycles. The van der Waals surface area contributed by atoms with E-state index in [0.29, 0.717) is 12.8 Å². The molecule has 6 unspecified atom stereocenters. The van der Waals surface area contributed by atoms with Crippen LogP contribution in [0.1, 0.15) is 46.1 Å². The Kier molecular flexibility index (Phi) is 11.1. The van der Waals surface area contributed by atoms with Crippen molar-refractivity contribution in [1.29, 1.82) is 0 Å². The second kappa shape index (κ2) is 13.8. The smallest absolute Gasteiger partial charge is 0.326 e. The number of carbonyl (C=O) groups is 4. The van der Waals surface area contributed by atoms with E-state index in [1.165, 1.54) is 0 Å². The number of fused-ring (bicyclic) bond motifs is 1. The predicted molar refractivity (Wildman–Crippen MR) is 139 cm³/mol. The van der Waals surface area contributed by atoms with Crippen LogP contribution < -0.4 is 21.7 Å². The highest BCUT2D eigenvalue weighted by Gasteiger charge is 2.33. The number of hydrogen-bond acceptors (Lipinski definition) is 6. The number of carbonyl (C=O) groups excluding carboxylic acids is 3. The number of nitrogens with one attached hydrogen (secondary N) is 4. The summed E-state index contributed by atoms with van der Waals surface area (Å²) in [6, 6.07) is 2.93. The van der Waals surface area contributed by atoms with Crippen molar-refractivity contribution in [2.45, 2.75) is 71.1 Å². The summed E-state index contributed by atoms with van der Waals surface area (Å²) in [6.45, 7) is 6.56. The van der Waals surface area contributed by atoms with Crippen molar-refractivity contribution in [2.75, 3.05) is 6.61 Å². The van der Waals surface area contributed by atoms with Crippen molar-refractivity contribution in [3.8, 4) is 0 Å². The third-order valence-corrected chi connectivity index (χ3v) is 6.88. The number of para-hydroxylation sites is 1. The second-order valence-electron chi connectivity index (χ2n) is 9.49. The topological polar surface area (TPSA) is 187 Å². The van der Waals surface area contributed by atoms with Crippen LogP contribution in [0.4, 0.5) is 0 Å². The minimum atomic E-state index is -1.32. The largest absolute Gasteiger partial charge is 0.480 e. The van der Waals surface area contributed by atoms with Crippen molar-refractivity contribution in [3.63, 3.8) is 0 Å². The van der Waals surface area contributed by atoms with Crippen LogP contribution in [0.5, 0.6) is 0 Å². The molecule has 0 saturated heterocycles. The van der Waals surface area contributed by atoms with Crippen molar-refractivity contribution in [3.05, 3.63) is 36.0 Å². The monoisotopic (exact) mass is 517 g/mol. The molecule has 37 heavy (non-hydrogen) atoms. The van der Waals surface area contributed by atoms with Crippen molar-refractivity contribution < 1.29 is 29.4 Å². The Balaban J connectivity index is 2.14. The lowest BCUT2D eigenvalue weighted by atomic mass is 9.96. The van der Waals surface area contributed by atoms with Crippen molar-refractivity contribution in [2.24, 2.45) is 17.6 Å². The van der Waals surface area contributed by atoms with Gasteiger partial charge >= 0.3 is 5.97 Å². The van der Waals surface area contributed by atoms with E-state index < -0.39 is 54.5 Å². The van der Waals surface area contributed by atoms with Gasteiger partial charge in [-0.25, -0.2) is 4.79 Å². The molecule has 11 heteroatoms. The summed E-state index contributed by atoms with van der Waals surface area (Å²) in [5.41, 5.74) is 7.50. The zero-order valence-corrected chi connectivity index (χ0v) is 21.8. The van der Waals surface area contributed by atoms with Gasteiger partial charge in [-0.1, -0.05) is 58.7 Å². The molecule has 2 aromatic rings. The molecule has 0 spiro atoms. The quantitative estimate of drug-likeness (QED) is 0.192. The van der Waals surface area contributed by atoms with Gasteiger partial charge in [0, 0.05) is 23.5 Å². The summed E-state index contributed by atoms with van der Waals surface area (Å²) < 4.78 is 0. The van der Waals surface area contributed by atoms with Gasteiger partial charge in [0.05, 0.1) is 12.6 Å². The number of aromatic amines is 1. The maximum absolute atomic E-state index is 13.2. The van der Waals surface area contributed by atoms with Gasteiger partial charge in [0.2, 0.25) is 17.7 Å². The standard InChI is InChI=1S/C26H39N5O6/c1-5-14(3)21(27)24(34)30-20(13-32)23(33)31-22(15(4)6-2)25(35)29-19(26(36)37)11-16-12-28-18-10-8-7-9-17(16)18/h7-10,12,14-15,19-22,28,32H,5-6,11,13,27H2,1-4H3,(H,29,35)(H,30,34)(H,31,33)(H,36,37). The lowest BCUT2D eigenvalue weighted by Gasteiger charge is -2.28. The van der Waals surface area contributed by atoms with Crippen LogP contribution in [-0.2, 0) is 25.6 Å². The Bertz CT molecular complexity index is 1090. The van der Waals surface area contributed by atoms with Crippen LogP contribution in [-0.4, -0.2) is 69.7 Å². The fourth-order valence-corrected chi connectivity index (χ4v) is 3.91. The third-order valence-electron chi connectivity index (χ3n) is 6.88. The van der Waals surface area contributed by atoms with Crippen LogP contribution in [0.2, 0.25) is 0 Å². The first kappa shape index (κ1) is 29.8. The summed E-state index contributed by atoms with van der Waals surface area (Å²) in [4.78, 5) is 53.6. The van der Waals surface area contributed by atoms with Gasteiger partial charge < -0.3 is 36.9 Å². The number of hydrogen-bond donors (Lipinski definition) is 7. The first-order valence-electron chi connectivity index (χ1n) is 12.6. The Morgan fingerprint density at radius 2 is 1.54 bits per heavy atom. The highest BCUT2D eigenvalue weighted by molar-refractivity contribution is 5.94. The zero-order valence-electron chi connectivity index (χ0n) is 21.8. The van der Waals surface area contributed by atoms with Crippen LogP contribution in [0, 0.1) is 11.8 Å². The van der Waals surface area contributed by atoms with E-state index in [1.54, 1.807) is 20.0 Å². The van der Waals surface area contributed by atoms with E-state index in [0.717, 1.165) is 16.5 Å². The number of carboxylic acids is 1. The minimum Gasteiger partial charge on any atom is -0.480 e. The van der Waals surface area contributed by atoms with E-state index in [1.807, 2.05) is 38.1 Å². The Hall–Kier alpha value is -3.44. The second-order valence-corrected chi connectivity index (χ2v) is 9.49. The number of aromatic nitrogens is 1. The van der Waals surface area contributed by atoms with Gasteiger partial charge in [-0.05, 0) is 23.5 Å². The fourth-order valence-electron chi connectivity index (χ4n) is 3.91. The Morgan fingerprint density at radius 1 is 0.919 bits per heavy atom. The van der Waals surface area contributed by atoms with Crippen LogP contribution >= 0.6 is 0 Å².